The number of carbonyl (C=O) groups excluding carboxylic acids is 4. The van der Waals surface area contributed by atoms with E-state index in [0.717, 1.165) is 114 Å². The summed E-state index contributed by atoms with van der Waals surface area (Å²) in [5.74, 6) is 0.845. The molecular weight excluding hydrogens is 1200 g/mol. The molecular formula is C72H140O17P2. The third-order valence-electron chi connectivity index (χ3n) is 16.9. The molecule has 0 spiro atoms. The highest BCUT2D eigenvalue weighted by atomic mass is 31.2. The van der Waals surface area contributed by atoms with Gasteiger partial charge in [-0.3, -0.25) is 37.3 Å². The number of unbranched alkanes of at least 4 members (excludes halogenated alkanes) is 34. The Kier molecular flexibility index (Phi) is 60.3. The Morgan fingerprint density at radius 1 is 0.308 bits per heavy atom. The molecule has 6 atom stereocenters. The summed E-state index contributed by atoms with van der Waals surface area (Å²) in [6.45, 7) is 14.1. The maximum Gasteiger partial charge on any atom is 0.472 e. The van der Waals surface area contributed by atoms with Gasteiger partial charge >= 0.3 is 39.5 Å². The molecule has 0 fully saturated rings. The SMILES string of the molecule is CCC(C)CCCCCCCCC(=O)O[C@H](COC(=O)CCCCCCCCCCCCCCCCC(C)C)COP(=O)(O)OC[C@@H](O)COP(=O)(O)OC[C@@H](COC(=O)CCCCCCCCC(C)C)OC(=O)CCCCCCCCCCCCCCC(C)C. The van der Waals surface area contributed by atoms with Gasteiger partial charge in [0, 0.05) is 25.7 Å². The van der Waals surface area contributed by atoms with E-state index in [9.17, 15) is 43.2 Å². The average Bonchev–Trinajstić information content (AvgIpc) is 3.24. The van der Waals surface area contributed by atoms with Gasteiger partial charge < -0.3 is 33.8 Å². The summed E-state index contributed by atoms with van der Waals surface area (Å²) in [6.07, 6.45) is 44.7. The molecule has 17 nitrogen and oxygen atoms in total. The third kappa shape index (κ3) is 65.1. The molecule has 0 aromatic carbocycles. The van der Waals surface area contributed by atoms with Crippen molar-refractivity contribution in [3.8, 4) is 0 Å². The maximum atomic E-state index is 13.0. The molecule has 0 amide bonds. The van der Waals surface area contributed by atoms with Crippen LogP contribution < -0.4 is 0 Å². The van der Waals surface area contributed by atoms with Gasteiger partial charge in [-0.15, -0.1) is 0 Å². The number of phosphoric ester groups is 2. The highest BCUT2D eigenvalue weighted by molar-refractivity contribution is 7.47. The number of esters is 4. The summed E-state index contributed by atoms with van der Waals surface area (Å²) >= 11 is 0. The Bertz CT molecular complexity index is 1800. The van der Waals surface area contributed by atoms with Crippen molar-refractivity contribution in [2.45, 2.75) is 375 Å². The zero-order valence-corrected chi connectivity index (χ0v) is 61.3. The second kappa shape index (κ2) is 61.6. The Hall–Kier alpha value is -1.94. The van der Waals surface area contributed by atoms with Crippen molar-refractivity contribution in [3.05, 3.63) is 0 Å². The molecule has 0 radical (unpaired) electrons. The number of aliphatic hydroxyl groups excluding tert-OH is 1. The fraction of sp³-hybridized carbons (Fsp3) is 0.944. The lowest BCUT2D eigenvalue weighted by atomic mass is 10.00. The summed E-state index contributed by atoms with van der Waals surface area (Å²) < 4.78 is 68.3. The minimum Gasteiger partial charge on any atom is -0.462 e. The summed E-state index contributed by atoms with van der Waals surface area (Å²) in [6, 6.07) is 0. The van der Waals surface area contributed by atoms with Crippen molar-refractivity contribution in [1.82, 2.24) is 0 Å². The Morgan fingerprint density at radius 2 is 0.527 bits per heavy atom. The Labute approximate surface area is 556 Å². The van der Waals surface area contributed by atoms with Crippen molar-refractivity contribution >= 4 is 39.5 Å². The molecule has 0 bridgehead atoms. The van der Waals surface area contributed by atoms with Gasteiger partial charge in [-0.25, -0.2) is 9.13 Å². The van der Waals surface area contributed by atoms with Crippen LogP contribution in [-0.2, 0) is 65.4 Å². The standard InChI is InChI=1S/C72H140O17P2/c1-9-65(8)51-43-35-29-31-39-47-55-72(77)89-68(58-82-69(74)52-44-36-26-22-18-13-11-10-12-16-20-24-32-40-48-62(2)3)61-87-91(80,81)85-57-66(73)56-84-90(78,79)86-60-67(59-83-70(75)53-45-37-30-28-34-42-50-64(6)7)88-71(76)54-46-38-27-23-19-15-14-17-21-25-33-41-49-63(4)5/h62-68,73H,9-61H2,1-8H3,(H,78,79)(H,80,81)/t65?,66-,67+,68+/m0/s1. The maximum absolute atomic E-state index is 13.0. The molecule has 0 rings (SSSR count). The van der Waals surface area contributed by atoms with Crippen LogP contribution in [0.5, 0.6) is 0 Å². The summed E-state index contributed by atoms with van der Waals surface area (Å²) in [5.41, 5.74) is 0. The monoisotopic (exact) mass is 1340 g/mol. The summed E-state index contributed by atoms with van der Waals surface area (Å²) in [4.78, 5) is 72.6. The zero-order valence-electron chi connectivity index (χ0n) is 59.5. The smallest absolute Gasteiger partial charge is 0.462 e. The molecule has 0 aliphatic heterocycles. The molecule has 3 unspecified atom stereocenters. The van der Waals surface area contributed by atoms with Gasteiger partial charge in [0.05, 0.1) is 26.4 Å². The quantitative estimate of drug-likeness (QED) is 0.0222. The van der Waals surface area contributed by atoms with Gasteiger partial charge in [0.1, 0.15) is 19.3 Å². The minimum atomic E-state index is -4.95. The van der Waals surface area contributed by atoms with Crippen molar-refractivity contribution < 1.29 is 80.2 Å². The number of rotatable bonds is 69. The second-order valence-corrected chi connectivity index (χ2v) is 30.6. The lowest BCUT2D eigenvalue weighted by Gasteiger charge is -2.21. The molecule has 0 aromatic rings. The van der Waals surface area contributed by atoms with Crippen LogP contribution >= 0.6 is 15.6 Å². The van der Waals surface area contributed by atoms with Crippen LogP contribution in [0.3, 0.4) is 0 Å². The van der Waals surface area contributed by atoms with Crippen molar-refractivity contribution in [3.63, 3.8) is 0 Å². The van der Waals surface area contributed by atoms with Crippen LogP contribution in [0.25, 0.3) is 0 Å². The van der Waals surface area contributed by atoms with Crippen LogP contribution in [0, 0.1) is 23.7 Å². The largest absolute Gasteiger partial charge is 0.472 e. The fourth-order valence-corrected chi connectivity index (χ4v) is 12.4. The van der Waals surface area contributed by atoms with Crippen LogP contribution in [0.2, 0.25) is 0 Å². The first-order valence-corrected chi connectivity index (χ1v) is 40.2. The van der Waals surface area contributed by atoms with E-state index in [0.29, 0.717) is 31.6 Å². The van der Waals surface area contributed by atoms with Crippen LogP contribution in [0.1, 0.15) is 357 Å². The van der Waals surface area contributed by atoms with E-state index in [1.807, 2.05) is 0 Å². The second-order valence-electron chi connectivity index (χ2n) is 27.6. The van der Waals surface area contributed by atoms with E-state index >= 15 is 0 Å². The van der Waals surface area contributed by atoms with Crippen molar-refractivity contribution in [2.24, 2.45) is 23.7 Å². The molecule has 0 aliphatic carbocycles. The lowest BCUT2D eigenvalue weighted by molar-refractivity contribution is -0.161. The molecule has 0 heterocycles. The van der Waals surface area contributed by atoms with Gasteiger partial charge in [0.15, 0.2) is 12.2 Å². The predicted molar refractivity (Wildman–Crippen MR) is 367 cm³/mol. The van der Waals surface area contributed by atoms with E-state index in [2.05, 4.69) is 55.4 Å². The third-order valence-corrected chi connectivity index (χ3v) is 18.8. The van der Waals surface area contributed by atoms with E-state index in [4.69, 9.17) is 37.0 Å². The Balaban J connectivity index is 5.20. The highest BCUT2D eigenvalue weighted by Crippen LogP contribution is 2.45. The van der Waals surface area contributed by atoms with Crippen LogP contribution in [-0.4, -0.2) is 96.7 Å². The van der Waals surface area contributed by atoms with E-state index in [-0.39, 0.29) is 25.7 Å². The first-order valence-electron chi connectivity index (χ1n) is 37.2. The normalized spacial score (nSPS) is 14.5. The number of aliphatic hydroxyl groups is 1. The minimum absolute atomic E-state index is 0.103. The summed E-state index contributed by atoms with van der Waals surface area (Å²) in [7, 11) is -9.90. The van der Waals surface area contributed by atoms with Crippen molar-refractivity contribution in [2.75, 3.05) is 39.6 Å². The van der Waals surface area contributed by atoms with Gasteiger partial charge in [-0.05, 0) is 49.4 Å². The van der Waals surface area contributed by atoms with Gasteiger partial charge in [-0.2, -0.15) is 0 Å². The fourth-order valence-electron chi connectivity index (χ4n) is 10.8. The number of hydrogen-bond acceptors (Lipinski definition) is 15. The topological polar surface area (TPSA) is 237 Å². The average molecular weight is 1340 g/mol. The van der Waals surface area contributed by atoms with E-state index in [1.54, 1.807) is 0 Å². The molecule has 540 valence electrons. The lowest BCUT2D eigenvalue weighted by Crippen LogP contribution is -2.30. The number of phosphoric acid groups is 2. The van der Waals surface area contributed by atoms with Crippen LogP contribution in [0.4, 0.5) is 0 Å². The first-order chi connectivity index (χ1) is 43.6. The van der Waals surface area contributed by atoms with Crippen LogP contribution in [0.15, 0.2) is 0 Å². The molecule has 0 saturated carbocycles. The molecule has 3 N–H and O–H groups in total. The highest BCUT2D eigenvalue weighted by Gasteiger charge is 2.30. The molecule has 0 saturated heterocycles. The number of carbonyl (C=O) groups is 4. The summed E-state index contributed by atoms with van der Waals surface area (Å²) in [5, 5.41) is 10.6. The molecule has 19 heteroatoms. The number of hydrogen-bond donors (Lipinski definition) is 3. The van der Waals surface area contributed by atoms with E-state index in [1.165, 1.54) is 154 Å². The Morgan fingerprint density at radius 3 is 0.780 bits per heavy atom. The first kappa shape index (κ1) is 89.1. The van der Waals surface area contributed by atoms with E-state index < -0.39 is 97.5 Å². The molecule has 0 aromatic heterocycles. The molecule has 0 aliphatic rings. The zero-order chi connectivity index (χ0) is 67.5. The van der Waals surface area contributed by atoms with Crippen molar-refractivity contribution in [1.29, 1.82) is 0 Å². The van der Waals surface area contributed by atoms with Gasteiger partial charge in [-0.1, -0.05) is 306 Å². The predicted octanol–water partition coefficient (Wildman–Crippen LogP) is 20.5. The van der Waals surface area contributed by atoms with Gasteiger partial charge in [0.2, 0.25) is 0 Å². The van der Waals surface area contributed by atoms with Gasteiger partial charge in [0.25, 0.3) is 0 Å². The molecule has 91 heavy (non-hydrogen) atoms. The number of ether oxygens (including phenoxy) is 4.